The Labute approximate surface area is 149 Å². The number of carbonyl (C=O) groups excluding carboxylic acids is 1. The van der Waals surface area contributed by atoms with E-state index in [0.717, 1.165) is 19.3 Å². The van der Waals surface area contributed by atoms with Crippen LogP contribution in [0.3, 0.4) is 0 Å². The molecule has 1 fully saturated rings. The van der Waals surface area contributed by atoms with E-state index < -0.39 is 17.5 Å². The lowest BCUT2D eigenvalue weighted by Crippen LogP contribution is -2.56. The van der Waals surface area contributed by atoms with Gasteiger partial charge in [0.25, 0.3) is 0 Å². The van der Waals surface area contributed by atoms with Crippen LogP contribution in [0.25, 0.3) is 0 Å². The predicted octanol–water partition coefficient (Wildman–Crippen LogP) is 2.86. The number of aliphatic carboxylic acids is 1. The van der Waals surface area contributed by atoms with Crippen LogP contribution in [-0.4, -0.2) is 46.2 Å². The summed E-state index contributed by atoms with van der Waals surface area (Å²) in [5, 5.41) is 19.9. The van der Waals surface area contributed by atoms with Crippen LogP contribution in [0, 0.1) is 5.41 Å². The van der Waals surface area contributed by atoms with E-state index in [1.54, 1.807) is 4.90 Å². The summed E-state index contributed by atoms with van der Waals surface area (Å²) in [6.07, 6.45) is 3.64. The molecular weight excluding hydrogens is 318 g/mol. The van der Waals surface area contributed by atoms with Crippen molar-refractivity contribution in [2.45, 2.75) is 58.0 Å². The fourth-order valence-corrected chi connectivity index (χ4v) is 3.70. The third-order valence-electron chi connectivity index (χ3n) is 5.28. The Hall–Kier alpha value is -1.88. The summed E-state index contributed by atoms with van der Waals surface area (Å²) in [4.78, 5) is 25.6. The van der Waals surface area contributed by atoms with Crippen LogP contribution >= 0.6 is 0 Å². The van der Waals surface area contributed by atoms with Crippen molar-refractivity contribution in [1.82, 2.24) is 4.90 Å². The molecular formula is C20H29NO4. The van der Waals surface area contributed by atoms with E-state index in [1.807, 2.05) is 25.1 Å². The van der Waals surface area contributed by atoms with Gasteiger partial charge in [-0.25, -0.2) is 0 Å². The summed E-state index contributed by atoms with van der Waals surface area (Å²) < 4.78 is 0. The molecule has 0 aromatic heterocycles. The number of rotatable bonds is 8. The zero-order valence-electron chi connectivity index (χ0n) is 15.0. The van der Waals surface area contributed by atoms with Crippen molar-refractivity contribution < 1.29 is 19.8 Å². The van der Waals surface area contributed by atoms with Crippen LogP contribution in [0.15, 0.2) is 30.3 Å². The number of likely N-dealkylation sites (tertiary alicyclic amines) is 1. The number of β-amino-alcohol motifs (C(OH)–C–C–N with tert-alkyl or cyclic N) is 1. The molecule has 1 aromatic carbocycles. The predicted molar refractivity (Wildman–Crippen MR) is 96.2 cm³/mol. The molecule has 0 saturated carbocycles. The highest BCUT2D eigenvalue weighted by Crippen LogP contribution is 2.37. The van der Waals surface area contributed by atoms with Gasteiger partial charge in [-0.05, 0) is 37.7 Å². The molecule has 0 aliphatic carbocycles. The highest BCUT2D eigenvalue weighted by atomic mass is 16.4. The van der Waals surface area contributed by atoms with Gasteiger partial charge in [-0.15, -0.1) is 0 Å². The minimum atomic E-state index is -1.10. The second kappa shape index (κ2) is 8.99. The Morgan fingerprint density at radius 3 is 2.56 bits per heavy atom. The molecule has 1 amide bonds. The van der Waals surface area contributed by atoms with E-state index in [0.29, 0.717) is 32.2 Å². The summed E-state index contributed by atoms with van der Waals surface area (Å²) in [7, 11) is 0. The first-order valence-electron chi connectivity index (χ1n) is 9.23. The fraction of sp³-hybridized carbons (Fsp3) is 0.600. The maximum atomic E-state index is 12.4. The summed E-state index contributed by atoms with van der Waals surface area (Å²) in [6.45, 7) is 2.46. The third-order valence-corrected chi connectivity index (χ3v) is 5.28. The van der Waals surface area contributed by atoms with Crippen molar-refractivity contribution in [2.75, 3.05) is 13.1 Å². The molecule has 2 N–H and O–H groups in total. The van der Waals surface area contributed by atoms with Gasteiger partial charge in [-0.2, -0.15) is 0 Å². The molecule has 2 rings (SSSR count). The average molecular weight is 347 g/mol. The molecule has 5 heteroatoms. The molecule has 0 bridgehead atoms. The summed E-state index contributed by atoms with van der Waals surface area (Å²) >= 11 is 0. The summed E-state index contributed by atoms with van der Waals surface area (Å²) in [5.74, 6) is -0.931. The number of aryl methyl sites for hydroxylation is 1. The highest BCUT2D eigenvalue weighted by molar-refractivity contribution is 5.79. The number of carboxylic acid groups (broad SMARTS) is 1. The third kappa shape index (κ3) is 4.82. The van der Waals surface area contributed by atoms with Crippen LogP contribution in [-0.2, 0) is 16.0 Å². The smallest absolute Gasteiger partial charge is 0.312 e. The largest absolute Gasteiger partial charge is 0.481 e. The Kier molecular flexibility index (Phi) is 7.00. The number of carbonyl (C=O) groups is 2. The van der Waals surface area contributed by atoms with Crippen molar-refractivity contribution in [3.05, 3.63) is 35.9 Å². The molecule has 138 valence electrons. The number of benzene rings is 1. The van der Waals surface area contributed by atoms with Crippen molar-refractivity contribution >= 4 is 11.9 Å². The number of piperidine rings is 1. The van der Waals surface area contributed by atoms with E-state index in [2.05, 4.69) is 12.1 Å². The first-order valence-corrected chi connectivity index (χ1v) is 9.23. The molecule has 5 nitrogen and oxygen atoms in total. The van der Waals surface area contributed by atoms with Gasteiger partial charge >= 0.3 is 5.97 Å². The zero-order chi connectivity index (χ0) is 18.3. The first kappa shape index (κ1) is 19.4. The Morgan fingerprint density at radius 1 is 1.24 bits per heavy atom. The average Bonchev–Trinajstić information content (AvgIpc) is 2.61. The minimum absolute atomic E-state index is 0.0163. The number of hydrogen-bond donors (Lipinski definition) is 2. The second-order valence-electron chi connectivity index (χ2n) is 7.01. The fourth-order valence-electron chi connectivity index (χ4n) is 3.70. The van der Waals surface area contributed by atoms with Gasteiger partial charge < -0.3 is 15.1 Å². The molecule has 1 aliphatic heterocycles. The van der Waals surface area contributed by atoms with Gasteiger partial charge in [-0.3, -0.25) is 9.59 Å². The number of carboxylic acids is 1. The topological polar surface area (TPSA) is 77.8 Å². The molecule has 25 heavy (non-hydrogen) atoms. The Morgan fingerprint density at radius 2 is 1.96 bits per heavy atom. The molecule has 2 atom stereocenters. The van der Waals surface area contributed by atoms with Gasteiger partial charge in [0.1, 0.15) is 0 Å². The lowest BCUT2D eigenvalue weighted by Gasteiger charge is -2.42. The number of amides is 1. The molecule has 0 spiro atoms. The van der Waals surface area contributed by atoms with Crippen molar-refractivity contribution in [2.24, 2.45) is 5.41 Å². The summed E-state index contributed by atoms with van der Waals surface area (Å²) in [5.41, 5.74) is 0.174. The molecule has 1 aromatic rings. The summed E-state index contributed by atoms with van der Waals surface area (Å²) in [6, 6.07) is 10.2. The quantitative estimate of drug-likeness (QED) is 0.709. The standard InChI is InChI=1S/C20H29NO4/c1-2-12-20(19(24)25)13-14-21(15-17(20)22)18(23)11-7-6-10-16-8-4-3-5-9-16/h3-5,8-9,17,22H,2,6-7,10-15H2,1H3,(H,24,25)/t17-,20-/m0/s1. The lowest BCUT2D eigenvalue weighted by atomic mass is 9.72. The normalized spacial score (nSPS) is 23.4. The number of nitrogens with zero attached hydrogens (tertiary/aromatic N) is 1. The number of hydrogen-bond acceptors (Lipinski definition) is 3. The first-order chi connectivity index (χ1) is 12.0. The molecule has 1 heterocycles. The van der Waals surface area contributed by atoms with E-state index in [-0.39, 0.29) is 12.5 Å². The van der Waals surface area contributed by atoms with E-state index in [4.69, 9.17) is 0 Å². The monoisotopic (exact) mass is 347 g/mol. The molecule has 1 saturated heterocycles. The van der Waals surface area contributed by atoms with Crippen LogP contribution in [0.4, 0.5) is 0 Å². The van der Waals surface area contributed by atoms with Crippen LogP contribution in [0.2, 0.25) is 0 Å². The molecule has 1 aliphatic rings. The Bertz CT molecular complexity index is 574. The van der Waals surface area contributed by atoms with Crippen LogP contribution < -0.4 is 0 Å². The van der Waals surface area contributed by atoms with Crippen molar-refractivity contribution in [3.63, 3.8) is 0 Å². The maximum absolute atomic E-state index is 12.4. The SMILES string of the molecule is CCC[C@]1(C(=O)O)CCN(C(=O)CCCCc2ccccc2)C[C@@H]1O. The molecule has 0 radical (unpaired) electrons. The van der Waals surface area contributed by atoms with Crippen LogP contribution in [0.5, 0.6) is 0 Å². The van der Waals surface area contributed by atoms with Crippen molar-refractivity contribution in [1.29, 1.82) is 0 Å². The zero-order valence-corrected chi connectivity index (χ0v) is 15.0. The van der Waals surface area contributed by atoms with Gasteiger partial charge in [0.05, 0.1) is 11.5 Å². The highest BCUT2D eigenvalue weighted by Gasteiger charge is 2.48. The second-order valence-corrected chi connectivity index (χ2v) is 7.01. The number of unbranched alkanes of at least 4 members (excludes halogenated alkanes) is 1. The number of aliphatic hydroxyl groups excluding tert-OH is 1. The van der Waals surface area contributed by atoms with E-state index in [1.165, 1.54) is 5.56 Å². The number of aliphatic hydroxyl groups is 1. The van der Waals surface area contributed by atoms with Gasteiger partial charge in [0, 0.05) is 19.5 Å². The maximum Gasteiger partial charge on any atom is 0.312 e. The Balaban J connectivity index is 1.79. The minimum Gasteiger partial charge on any atom is -0.481 e. The van der Waals surface area contributed by atoms with E-state index in [9.17, 15) is 19.8 Å². The van der Waals surface area contributed by atoms with Gasteiger partial charge in [-0.1, -0.05) is 43.7 Å². The lowest BCUT2D eigenvalue weighted by molar-refractivity contribution is -0.167. The van der Waals surface area contributed by atoms with Crippen molar-refractivity contribution in [3.8, 4) is 0 Å². The molecule has 0 unspecified atom stereocenters. The van der Waals surface area contributed by atoms with Gasteiger partial charge in [0.15, 0.2) is 0 Å². The van der Waals surface area contributed by atoms with Crippen LogP contribution in [0.1, 0.15) is 51.0 Å². The van der Waals surface area contributed by atoms with E-state index >= 15 is 0 Å². The van der Waals surface area contributed by atoms with Gasteiger partial charge in [0.2, 0.25) is 5.91 Å².